The van der Waals surface area contributed by atoms with Gasteiger partial charge in [-0.25, -0.2) is 4.79 Å². The van der Waals surface area contributed by atoms with Crippen molar-refractivity contribution >= 4 is 28.2 Å². The Bertz CT molecular complexity index is 897. The first-order valence-corrected chi connectivity index (χ1v) is 9.52. The molecule has 1 amide bonds. The summed E-state index contributed by atoms with van der Waals surface area (Å²) in [5.41, 5.74) is 2.42. The van der Waals surface area contributed by atoms with Crippen LogP contribution in [0, 0.1) is 18.3 Å². The summed E-state index contributed by atoms with van der Waals surface area (Å²) < 4.78 is 5.21. The molecule has 0 aliphatic carbocycles. The fraction of sp³-hybridized carbons (Fsp3) is 0.381. The van der Waals surface area contributed by atoms with Crippen LogP contribution in [-0.2, 0) is 10.2 Å². The Balaban J connectivity index is 2.27. The largest absolute Gasteiger partial charge is 0.459 e. The molecule has 1 aromatic heterocycles. The minimum Gasteiger partial charge on any atom is -0.459 e. The van der Waals surface area contributed by atoms with Gasteiger partial charge in [0.2, 0.25) is 0 Å². The first kappa shape index (κ1) is 20.7. The number of hydrogen-bond acceptors (Lipinski definition) is 5. The Kier molecular flexibility index (Phi) is 6.07. The molecule has 0 aliphatic rings. The van der Waals surface area contributed by atoms with Crippen LogP contribution in [0.5, 0.6) is 0 Å². The highest BCUT2D eigenvalue weighted by Crippen LogP contribution is 2.33. The Hall–Kier alpha value is -2.65. The lowest BCUT2D eigenvalue weighted by atomic mass is 9.87. The lowest BCUT2D eigenvalue weighted by Gasteiger charge is -2.19. The van der Waals surface area contributed by atoms with Crippen LogP contribution in [0.1, 0.15) is 71.3 Å². The van der Waals surface area contributed by atoms with E-state index in [1.54, 1.807) is 32.9 Å². The summed E-state index contributed by atoms with van der Waals surface area (Å²) in [5, 5.41) is 12.6. The van der Waals surface area contributed by atoms with Gasteiger partial charge in [-0.3, -0.25) is 4.79 Å². The number of nitrogens with one attached hydrogen (secondary N) is 1. The van der Waals surface area contributed by atoms with Gasteiger partial charge in [-0.2, -0.15) is 5.26 Å². The molecule has 6 heteroatoms. The molecule has 1 N–H and O–H groups in total. The number of hydrogen-bond donors (Lipinski definition) is 1. The number of ether oxygens (including phenoxy) is 1. The lowest BCUT2D eigenvalue weighted by molar-refractivity contribution is 0.0383. The second-order valence-corrected chi connectivity index (χ2v) is 8.63. The Morgan fingerprint density at radius 1 is 1.19 bits per heavy atom. The minimum atomic E-state index is -0.487. The summed E-state index contributed by atoms with van der Waals surface area (Å²) in [6, 6.07) is 9.43. The van der Waals surface area contributed by atoms with E-state index in [4.69, 9.17) is 4.74 Å². The average Bonchev–Trinajstić information content (AvgIpc) is 2.89. The van der Waals surface area contributed by atoms with Gasteiger partial charge in [-0.05, 0) is 49.4 Å². The normalized spacial score (nSPS) is 11.2. The minimum absolute atomic E-state index is 0.000470. The molecular weight excluding hydrogens is 360 g/mol. The summed E-state index contributed by atoms with van der Waals surface area (Å²) in [4.78, 5) is 25.1. The Morgan fingerprint density at radius 2 is 1.78 bits per heavy atom. The fourth-order valence-electron chi connectivity index (χ4n) is 2.50. The number of anilines is 1. The topological polar surface area (TPSA) is 79.2 Å². The number of nitriles is 1. The molecule has 0 unspecified atom stereocenters. The summed E-state index contributed by atoms with van der Waals surface area (Å²) in [6.07, 6.45) is -0.260. The number of carbonyl (C=O) groups excluding carboxylic acids is 2. The van der Waals surface area contributed by atoms with Gasteiger partial charge < -0.3 is 10.1 Å². The van der Waals surface area contributed by atoms with Crippen molar-refractivity contribution in [2.45, 2.75) is 53.1 Å². The van der Waals surface area contributed by atoms with Crippen molar-refractivity contribution in [1.29, 1.82) is 5.26 Å². The van der Waals surface area contributed by atoms with Crippen LogP contribution in [0.4, 0.5) is 5.00 Å². The summed E-state index contributed by atoms with van der Waals surface area (Å²) in [7, 11) is 0. The van der Waals surface area contributed by atoms with Gasteiger partial charge in [0.25, 0.3) is 5.91 Å². The predicted octanol–water partition coefficient (Wildman–Crippen LogP) is 5.04. The molecule has 0 radical (unpaired) electrons. The van der Waals surface area contributed by atoms with Gasteiger partial charge in [-0.15, -0.1) is 11.3 Å². The number of nitrogens with zero attached hydrogens (tertiary/aromatic N) is 1. The molecule has 0 spiro atoms. The van der Waals surface area contributed by atoms with Crippen LogP contribution in [-0.4, -0.2) is 18.0 Å². The highest BCUT2D eigenvalue weighted by atomic mass is 32.1. The van der Waals surface area contributed by atoms with E-state index in [-0.39, 0.29) is 23.0 Å². The molecule has 0 saturated heterocycles. The molecule has 1 heterocycles. The number of esters is 1. The summed E-state index contributed by atoms with van der Waals surface area (Å²) in [6.45, 7) is 11.5. The zero-order valence-corrected chi connectivity index (χ0v) is 17.3. The maximum atomic E-state index is 12.6. The van der Waals surface area contributed by atoms with Gasteiger partial charge in [0.05, 0.1) is 11.7 Å². The van der Waals surface area contributed by atoms with Crippen LogP contribution in [0.15, 0.2) is 24.3 Å². The van der Waals surface area contributed by atoms with Crippen molar-refractivity contribution in [2.24, 2.45) is 0 Å². The van der Waals surface area contributed by atoms with Crippen LogP contribution < -0.4 is 5.32 Å². The van der Waals surface area contributed by atoms with Crippen molar-refractivity contribution in [3.8, 4) is 6.07 Å². The molecule has 5 nitrogen and oxygen atoms in total. The van der Waals surface area contributed by atoms with Crippen LogP contribution in [0.2, 0.25) is 0 Å². The predicted molar refractivity (Wildman–Crippen MR) is 107 cm³/mol. The number of thiophene rings is 1. The first-order valence-electron chi connectivity index (χ1n) is 8.71. The second kappa shape index (κ2) is 7.93. The number of amides is 1. The van der Waals surface area contributed by atoms with E-state index < -0.39 is 5.97 Å². The second-order valence-electron chi connectivity index (χ2n) is 7.61. The molecule has 2 rings (SSSR count). The van der Waals surface area contributed by atoms with Crippen molar-refractivity contribution in [3.05, 3.63) is 51.4 Å². The molecule has 0 fully saturated rings. The Labute approximate surface area is 164 Å². The smallest absolute Gasteiger partial charge is 0.348 e. The molecule has 27 heavy (non-hydrogen) atoms. The maximum absolute atomic E-state index is 12.6. The van der Waals surface area contributed by atoms with E-state index in [1.165, 1.54) is 0 Å². The number of carbonyl (C=O) groups is 2. The molecular formula is C21H24N2O3S. The third kappa shape index (κ3) is 4.75. The van der Waals surface area contributed by atoms with Gasteiger partial charge in [0.1, 0.15) is 15.9 Å². The molecule has 0 bridgehead atoms. The van der Waals surface area contributed by atoms with E-state index in [2.05, 4.69) is 32.2 Å². The van der Waals surface area contributed by atoms with Gasteiger partial charge in [0.15, 0.2) is 0 Å². The summed E-state index contributed by atoms with van der Waals surface area (Å²) in [5.74, 6) is -0.809. The van der Waals surface area contributed by atoms with Crippen LogP contribution >= 0.6 is 11.3 Å². The quantitative estimate of drug-likeness (QED) is 0.749. The zero-order chi connectivity index (χ0) is 20.4. The molecule has 142 valence electrons. The highest BCUT2D eigenvalue weighted by molar-refractivity contribution is 7.18. The van der Waals surface area contributed by atoms with Crippen LogP contribution in [0.25, 0.3) is 0 Å². The highest BCUT2D eigenvalue weighted by Gasteiger charge is 2.23. The average molecular weight is 385 g/mol. The van der Waals surface area contributed by atoms with Gasteiger partial charge in [-0.1, -0.05) is 32.9 Å². The maximum Gasteiger partial charge on any atom is 0.348 e. The van der Waals surface area contributed by atoms with Gasteiger partial charge in [0, 0.05) is 5.56 Å². The van der Waals surface area contributed by atoms with E-state index in [0.717, 1.165) is 16.9 Å². The first-order chi connectivity index (χ1) is 12.5. The number of benzene rings is 1. The van der Waals surface area contributed by atoms with Crippen molar-refractivity contribution < 1.29 is 14.3 Å². The molecule has 0 saturated carbocycles. The Morgan fingerprint density at radius 3 is 2.26 bits per heavy atom. The van der Waals surface area contributed by atoms with Crippen molar-refractivity contribution in [2.75, 3.05) is 5.32 Å². The molecule has 2 aromatic rings. The SMILES string of the molecule is Cc1c(C(=O)OC(C)C)sc(NC(=O)c2ccc(C(C)(C)C)cc2)c1C#N. The van der Waals surface area contributed by atoms with E-state index in [0.29, 0.717) is 21.0 Å². The van der Waals surface area contributed by atoms with E-state index in [9.17, 15) is 14.9 Å². The molecule has 1 aromatic carbocycles. The fourth-order valence-corrected chi connectivity index (χ4v) is 3.53. The van der Waals surface area contributed by atoms with Crippen molar-refractivity contribution in [1.82, 2.24) is 0 Å². The third-order valence-corrected chi connectivity index (χ3v) is 5.21. The van der Waals surface area contributed by atoms with Crippen LogP contribution in [0.3, 0.4) is 0 Å². The molecule has 0 atom stereocenters. The monoisotopic (exact) mass is 384 g/mol. The third-order valence-electron chi connectivity index (χ3n) is 4.03. The summed E-state index contributed by atoms with van der Waals surface area (Å²) >= 11 is 1.06. The van der Waals surface area contributed by atoms with E-state index in [1.807, 2.05) is 12.1 Å². The standard InChI is InChI=1S/C21H24N2O3S/c1-12(2)26-20(25)17-13(3)16(11-22)19(27-17)23-18(24)14-7-9-15(10-8-14)21(4,5)6/h7-10,12H,1-6H3,(H,23,24). The van der Waals surface area contributed by atoms with Gasteiger partial charge >= 0.3 is 5.97 Å². The van der Waals surface area contributed by atoms with E-state index >= 15 is 0 Å². The zero-order valence-electron chi connectivity index (χ0n) is 16.5. The molecule has 0 aliphatic heterocycles. The lowest BCUT2D eigenvalue weighted by Crippen LogP contribution is -2.14. The number of rotatable bonds is 4. The van der Waals surface area contributed by atoms with Crippen molar-refractivity contribution in [3.63, 3.8) is 0 Å².